The predicted octanol–water partition coefficient (Wildman–Crippen LogP) is 34.0. The number of hydrogen-bond acceptors (Lipinski definition) is 17. The highest BCUT2D eigenvalue weighted by Gasteiger charge is 2.44. The van der Waals surface area contributed by atoms with Gasteiger partial charge in [0.15, 0.2) is 69.1 Å². The Balaban J connectivity index is 1.39. The van der Waals surface area contributed by atoms with E-state index in [0.29, 0.717) is 120 Å². The molecule has 0 fully saturated rings. The van der Waals surface area contributed by atoms with Crippen molar-refractivity contribution in [2.75, 3.05) is 72.7 Å². The SMILES string of the molecule is CCCCCCCCOc1cc2c(c(OCCCCCCCC)c1OCCCCCCCC)C(=O)c1cc(OCCCCCCCC)c(OCCCCCCCC)c(OCCCCCCCC(=O)Oc3c(OCCCCCCCC)c(OCCCCCCCC)cc4c3C(=O)c3cc(OCCCCCCCC)c(OCCCCCCCC)c(OCCCCCCCC)c3C4=O)c1C2=O. The second-order valence-corrected chi connectivity index (χ2v) is 38.1. The van der Waals surface area contributed by atoms with E-state index in [1.807, 2.05) is 0 Å². The van der Waals surface area contributed by atoms with Crippen LogP contribution in [0.3, 0.4) is 0 Å². The van der Waals surface area contributed by atoms with Crippen LogP contribution in [0, 0.1) is 0 Å². The molecule has 2 aliphatic rings. The Morgan fingerprint density at radius 3 is 0.504 bits per heavy atom. The lowest BCUT2D eigenvalue weighted by Crippen LogP contribution is -2.25. The highest BCUT2D eigenvalue weighted by Crippen LogP contribution is 2.54. The zero-order valence-electron chi connectivity index (χ0n) is 86.2. The Morgan fingerprint density at radius 1 is 0.173 bits per heavy atom. The minimum absolute atomic E-state index is 0.00874. The van der Waals surface area contributed by atoms with Crippen LogP contribution in [0.15, 0.2) is 24.3 Å². The molecule has 0 aliphatic heterocycles. The number of unbranched alkanes of at least 4 members (excludes halogenated alkanes) is 54. The van der Waals surface area contributed by atoms with Crippen LogP contribution in [0.25, 0.3) is 0 Å². The highest BCUT2D eigenvalue weighted by atomic mass is 16.6. The molecule has 2 aliphatic carbocycles. The van der Waals surface area contributed by atoms with E-state index in [1.54, 1.807) is 24.3 Å². The lowest BCUT2D eigenvalue weighted by Gasteiger charge is -2.27. The van der Waals surface area contributed by atoms with Crippen LogP contribution in [0.2, 0.25) is 0 Å². The molecule has 0 amide bonds. The van der Waals surface area contributed by atoms with Crippen LogP contribution in [0.1, 0.15) is 557 Å². The van der Waals surface area contributed by atoms with Crippen LogP contribution in [-0.4, -0.2) is 102 Å². The van der Waals surface area contributed by atoms with Gasteiger partial charge < -0.3 is 56.8 Å². The van der Waals surface area contributed by atoms with E-state index in [0.717, 1.165) is 334 Å². The third kappa shape index (κ3) is 42.8. The summed E-state index contributed by atoms with van der Waals surface area (Å²) in [6.45, 7) is 26.0. The van der Waals surface area contributed by atoms with Crippen LogP contribution >= 0.6 is 0 Å². The van der Waals surface area contributed by atoms with Gasteiger partial charge in [-0.05, 0) is 101 Å². The van der Waals surface area contributed by atoms with E-state index >= 15 is 24.0 Å². The van der Waals surface area contributed by atoms with Gasteiger partial charge in [0.2, 0.25) is 23.0 Å². The Bertz CT molecular complexity index is 3800. The molecular formula is C116H188O17. The summed E-state index contributed by atoms with van der Waals surface area (Å²) < 4.78 is 81.9. The second kappa shape index (κ2) is 74.0. The van der Waals surface area contributed by atoms with E-state index in [1.165, 1.54) is 57.8 Å². The lowest BCUT2D eigenvalue weighted by atomic mass is 9.82. The molecular weight excluding hydrogens is 1670 g/mol. The molecule has 0 radical (unpaired) electrons. The van der Waals surface area contributed by atoms with Gasteiger partial charge >= 0.3 is 5.97 Å². The molecule has 0 unspecified atom stereocenters. The quantitative estimate of drug-likeness (QED) is 0.0198. The smallest absolute Gasteiger partial charge is 0.311 e. The molecule has 0 bridgehead atoms. The third-order valence-corrected chi connectivity index (χ3v) is 26.2. The maximum absolute atomic E-state index is 16.2. The van der Waals surface area contributed by atoms with E-state index in [4.69, 9.17) is 56.8 Å². The standard InChI is InChI=1S/C116H188O17/c1-11-21-31-41-53-65-77-122-96-88-92-101(113(130-85-73-61-49-39-29-19-9)109(96)126-81-69-57-45-35-25-15-5)105(118)93-89-97(123-78-66-54-42-32-22-12-2)110(127-82-70-58-46-36-26-16-6)114(102(93)106(92)119)132-87-75-63-51-52-64-76-100(117)133-116-104-95(91-99(125-80-68-56-44-34-24-14-4)112(116)129-84-72-60-48-38-28-18-8)107(120)103-94(108(104)121)90-98(124-79-67-55-43-33-23-13-3)111(128-83-71-59-47-37-27-17-7)115(103)131-86-74-62-50-40-30-20-10/h88-91H,11-87H2,1-10H3. The van der Waals surface area contributed by atoms with Crippen LogP contribution in [-0.2, 0) is 4.79 Å². The number of esters is 1. The number of benzene rings is 4. The Kier molecular flexibility index (Phi) is 63.7. The van der Waals surface area contributed by atoms with E-state index < -0.39 is 17.5 Å². The average Bonchev–Trinajstić information content (AvgIpc) is 0.726. The fourth-order valence-corrected chi connectivity index (χ4v) is 17.9. The number of hydrogen-bond donors (Lipinski definition) is 0. The average molecular weight is 1850 g/mol. The summed E-state index contributed by atoms with van der Waals surface area (Å²) in [5, 5.41) is 0. The summed E-state index contributed by atoms with van der Waals surface area (Å²) >= 11 is 0. The highest BCUT2D eigenvalue weighted by molar-refractivity contribution is 6.32. The monoisotopic (exact) mass is 1850 g/mol. The first-order valence-corrected chi connectivity index (χ1v) is 55.6. The normalized spacial score (nSPS) is 12.1. The van der Waals surface area contributed by atoms with Crippen molar-refractivity contribution in [3.63, 3.8) is 0 Å². The molecule has 133 heavy (non-hydrogen) atoms. The molecule has 17 heteroatoms. The first kappa shape index (κ1) is 115. The summed E-state index contributed by atoms with van der Waals surface area (Å²) in [6, 6.07) is 6.79. The molecule has 0 saturated heterocycles. The maximum Gasteiger partial charge on any atom is 0.311 e. The van der Waals surface area contributed by atoms with Gasteiger partial charge in [0, 0.05) is 28.7 Å². The summed E-state index contributed by atoms with van der Waals surface area (Å²) in [6.07, 6.45) is 66.2. The first-order chi connectivity index (χ1) is 65.4. The van der Waals surface area contributed by atoms with Gasteiger partial charge in [-0.3, -0.25) is 24.0 Å². The molecule has 0 heterocycles. The third-order valence-electron chi connectivity index (χ3n) is 26.2. The van der Waals surface area contributed by atoms with Crippen LogP contribution in [0.4, 0.5) is 0 Å². The zero-order valence-corrected chi connectivity index (χ0v) is 86.2. The van der Waals surface area contributed by atoms with Crippen molar-refractivity contribution in [3.05, 3.63) is 68.8 Å². The van der Waals surface area contributed by atoms with E-state index in [2.05, 4.69) is 69.2 Å². The van der Waals surface area contributed by atoms with Gasteiger partial charge in [-0.2, -0.15) is 0 Å². The van der Waals surface area contributed by atoms with Crippen molar-refractivity contribution < 1.29 is 80.8 Å². The van der Waals surface area contributed by atoms with Crippen LogP contribution in [0.5, 0.6) is 69.0 Å². The summed E-state index contributed by atoms with van der Waals surface area (Å²) in [7, 11) is 0. The fraction of sp³-hybridized carbons (Fsp3) is 0.750. The largest absolute Gasteiger partial charge is 0.490 e. The van der Waals surface area contributed by atoms with Crippen molar-refractivity contribution in [3.8, 4) is 69.0 Å². The van der Waals surface area contributed by atoms with Crippen molar-refractivity contribution in [2.24, 2.45) is 0 Å². The molecule has 0 aromatic heterocycles. The molecule has 754 valence electrons. The number of carbonyl (C=O) groups is 5. The lowest BCUT2D eigenvalue weighted by molar-refractivity contribution is -0.134. The van der Waals surface area contributed by atoms with Crippen molar-refractivity contribution in [1.82, 2.24) is 0 Å². The summed E-state index contributed by atoms with van der Waals surface area (Å²) in [5.74, 6) is 0.854. The number of rotatable bonds is 90. The van der Waals surface area contributed by atoms with Crippen molar-refractivity contribution in [2.45, 2.75) is 493 Å². The topological polar surface area (TPSA) is 196 Å². The molecule has 0 spiro atoms. The first-order valence-electron chi connectivity index (χ1n) is 55.6. The van der Waals surface area contributed by atoms with Gasteiger partial charge in [-0.15, -0.1) is 0 Å². The molecule has 17 nitrogen and oxygen atoms in total. The molecule has 4 aromatic carbocycles. The van der Waals surface area contributed by atoms with Crippen LogP contribution < -0.4 is 56.8 Å². The Hall–Kier alpha value is -7.17. The number of carbonyl (C=O) groups excluding carboxylic acids is 5. The van der Waals surface area contributed by atoms with Gasteiger partial charge in [0.05, 0.1) is 94.9 Å². The summed E-state index contributed by atoms with van der Waals surface area (Å²) in [5.41, 5.74) is 0.899. The molecule has 4 aromatic rings. The van der Waals surface area contributed by atoms with E-state index in [9.17, 15) is 0 Å². The van der Waals surface area contributed by atoms with Gasteiger partial charge in [0.1, 0.15) is 0 Å². The molecule has 0 atom stereocenters. The molecule has 6 rings (SSSR count). The predicted molar refractivity (Wildman–Crippen MR) is 547 cm³/mol. The number of fused-ring (bicyclic) bond motifs is 4. The van der Waals surface area contributed by atoms with Crippen molar-refractivity contribution >= 4 is 29.1 Å². The molecule has 0 saturated carbocycles. The van der Waals surface area contributed by atoms with Gasteiger partial charge in [-0.1, -0.05) is 410 Å². The number of ether oxygens (including phenoxy) is 12. The van der Waals surface area contributed by atoms with E-state index in [-0.39, 0.29) is 110 Å². The second-order valence-electron chi connectivity index (χ2n) is 38.1. The maximum atomic E-state index is 16.2. The van der Waals surface area contributed by atoms with Crippen molar-refractivity contribution in [1.29, 1.82) is 0 Å². The number of ketones is 4. The minimum atomic E-state index is -0.569. The summed E-state index contributed by atoms with van der Waals surface area (Å²) in [4.78, 5) is 79.6. The zero-order chi connectivity index (χ0) is 95.2. The minimum Gasteiger partial charge on any atom is -0.490 e. The Morgan fingerprint density at radius 2 is 0.316 bits per heavy atom. The van der Waals surface area contributed by atoms with Gasteiger partial charge in [-0.25, -0.2) is 0 Å². The fourth-order valence-electron chi connectivity index (χ4n) is 17.9. The Labute approximate surface area is 808 Å². The molecule has 0 N–H and O–H groups in total. The van der Waals surface area contributed by atoms with Gasteiger partial charge in [0.25, 0.3) is 0 Å².